The molecule has 87 heavy (non-hydrogen) atoms. The average Bonchev–Trinajstić information content (AvgIpc) is 1.62. The van der Waals surface area contributed by atoms with Crippen LogP contribution < -0.4 is 0 Å². The van der Waals surface area contributed by atoms with Gasteiger partial charge >= 0.3 is 0 Å². The molecule has 2 nitrogen and oxygen atoms in total. The number of benzene rings is 14. The molecule has 406 valence electrons. The molecule has 14 aromatic carbocycles. The third-order valence-electron chi connectivity index (χ3n) is 18.4. The third kappa shape index (κ3) is 8.17. The van der Waals surface area contributed by atoms with Gasteiger partial charge in [-0.2, -0.15) is 0 Å². The second-order valence-corrected chi connectivity index (χ2v) is 23.1. The molecule has 1 aliphatic carbocycles. The lowest BCUT2D eigenvalue weighted by atomic mass is 9.67. The van der Waals surface area contributed by atoms with Crippen molar-refractivity contribution in [2.75, 3.05) is 0 Å². The van der Waals surface area contributed by atoms with Gasteiger partial charge in [-0.15, -0.1) is 0 Å². The van der Waals surface area contributed by atoms with E-state index in [1.807, 2.05) is 0 Å². The summed E-state index contributed by atoms with van der Waals surface area (Å²) in [5.41, 5.74) is 28.5. The van der Waals surface area contributed by atoms with Crippen LogP contribution in [0.3, 0.4) is 0 Å². The predicted octanol–water partition coefficient (Wildman–Crippen LogP) is 22.2. The van der Waals surface area contributed by atoms with Crippen molar-refractivity contribution in [2.24, 2.45) is 0 Å². The normalized spacial score (nSPS) is 12.5. The summed E-state index contributed by atoms with van der Waals surface area (Å²) in [6.07, 6.45) is 0. The number of nitrogens with zero attached hydrogens (tertiary/aromatic N) is 2. The molecule has 0 fully saturated rings. The number of rotatable bonds is 10. The summed E-state index contributed by atoms with van der Waals surface area (Å²) in [6, 6.07) is 126. The van der Waals surface area contributed by atoms with Gasteiger partial charge < -0.3 is 9.13 Å². The van der Waals surface area contributed by atoms with Crippen molar-refractivity contribution in [3.05, 3.63) is 362 Å². The summed E-state index contributed by atoms with van der Waals surface area (Å²) in [7, 11) is 0. The Kier molecular flexibility index (Phi) is 11.8. The summed E-state index contributed by atoms with van der Waals surface area (Å²) in [5, 5.41) is 4.97. The highest BCUT2D eigenvalue weighted by Gasteiger charge is 2.46. The highest BCUT2D eigenvalue weighted by Crippen LogP contribution is 2.57. The Morgan fingerprint density at radius 2 is 0.552 bits per heavy atom. The van der Waals surface area contributed by atoms with Gasteiger partial charge in [0.15, 0.2) is 0 Å². The minimum atomic E-state index is -0.550. The molecule has 0 spiro atoms. The van der Waals surface area contributed by atoms with Crippen molar-refractivity contribution in [3.63, 3.8) is 0 Å². The van der Waals surface area contributed by atoms with Gasteiger partial charge in [0.2, 0.25) is 0 Å². The van der Waals surface area contributed by atoms with E-state index in [-0.39, 0.29) is 0 Å². The van der Waals surface area contributed by atoms with Gasteiger partial charge in [0.25, 0.3) is 0 Å². The quantitative estimate of drug-likeness (QED) is 0.129. The highest BCUT2D eigenvalue weighted by molar-refractivity contribution is 6.13. The Hall–Kier alpha value is -11.3. The van der Waals surface area contributed by atoms with Crippen molar-refractivity contribution < 1.29 is 0 Å². The topological polar surface area (TPSA) is 9.86 Å². The Bertz CT molecular complexity index is 5270. The molecule has 0 saturated heterocycles. The average molecular weight is 1110 g/mol. The molecule has 0 amide bonds. The lowest BCUT2D eigenvalue weighted by Crippen LogP contribution is -2.28. The molecule has 17 rings (SSSR count). The Balaban J connectivity index is 0.695. The van der Waals surface area contributed by atoms with Crippen molar-refractivity contribution in [1.29, 1.82) is 0 Å². The van der Waals surface area contributed by atoms with Crippen molar-refractivity contribution >= 4 is 43.6 Å². The van der Waals surface area contributed by atoms with E-state index < -0.39 is 5.41 Å². The highest BCUT2D eigenvalue weighted by atomic mass is 15.0. The van der Waals surface area contributed by atoms with Crippen molar-refractivity contribution in [3.8, 4) is 89.3 Å². The van der Waals surface area contributed by atoms with E-state index in [9.17, 15) is 0 Å². The van der Waals surface area contributed by atoms with Gasteiger partial charge in [-0.3, -0.25) is 0 Å². The Morgan fingerprint density at radius 3 is 1.14 bits per heavy atom. The summed E-state index contributed by atoms with van der Waals surface area (Å²) in [6.45, 7) is 0. The molecule has 0 unspecified atom stereocenters. The molecule has 0 N–H and O–H groups in total. The summed E-state index contributed by atoms with van der Waals surface area (Å²) in [5.74, 6) is 0. The van der Waals surface area contributed by atoms with E-state index in [0.29, 0.717) is 0 Å². The van der Waals surface area contributed by atoms with E-state index in [2.05, 4.69) is 349 Å². The first-order valence-electron chi connectivity index (χ1n) is 30.1. The number of para-hydroxylation sites is 4. The lowest BCUT2D eigenvalue weighted by molar-refractivity contribution is 0.769. The van der Waals surface area contributed by atoms with E-state index in [4.69, 9.17) is 0 Å². The summed E-state index contributed by atoms with van der Waals surface area (Å²) < 4.78 is 4.84. The molecular formula is C85H56N2. The fourth-order valence-electron chi connectivity index (χ4n) is 14.4. The van der Waals surface area contributed by atoms with E-state index in [1.54, 1.807) is 0 Å². The van der Waals surface area contributed by atoms with Gasteiger partial charge in [0.05, 0.1) is 33.2 Å². The maximum Gasteiger partial charge on any atom is 0.0713 e. The fourth-order valence-corrected chi connectivity index (χ4v) is 14.4. The summed E-state index contributed by atoms with van der Waals surface area (Å²) in [4.78, 5) is 0. The maximum atomic E-state index is 2.46. The molecular weight excluding hydrogens is 1050 g/mol. The maximum absolute atomic E-state index is 2.46. The number of hydrogen-bond donors (Lipinski definition) is 0. The van der Waals surface area contributed by atoms with Crippen LogP contribution in [-0.4, -0.2) is 9.13 Å². The van der Waals surface area contributed by atoms with Crippen LogP contribution in [0.25, 0.3) is 133 Å². The minimum absolute atomic E-state index is 0.550. The van der Waals surface area contributed by atoms with Crippen LogP contribution >= 0.6 is 0 Å². The minimum Gasteiger partial charge on any atom is -0.309 e. The number of aromatic nitrogens is 2. The Morgan fingerprint density at radius 1 is 0.195 bits per heavy atom. The van der Waals surface area contributed by atoms with Crippen LogP contribution in [0.15, 0.2) is 340 Å². The lowest BCUT2D eigenvalue weighted by Gasteiger charge is -2.34. The van der Waals surface area contributed by atoms with Gasteiger partial charge in [0.1, 0.15) is 0 Å². The van der Waals surface area contributed by atoms with E-state index in [0.717, 1.165) is 5.69 Å². The van der Waals surface area contributed by atoms with Crippen LogP contribution in [0.1, 0.15) is 22.3 Å². The van der Waals surface area contributed by atoms with E-state index in [1.165, 1.54) is 149 Å². The second kappa shape index (κ2) is 20.5. The molecule has 2 heterocycles. The summed E-state index contributed by atoms with van der Waals surface area (Å²) >= 11 is 0. The molecule has 0 saturated carbocycles. The van der Waals surface area contributed by atoms with Crippen molar-refractivity contribution in [2.45, 2.75) is 5.41 Å². The number of fused-ring (bicyclic) bond motifs is 9. The van der Waals surface area contributed by atoms with Gasteiger partial charge in [0, 0.05) is 32.8 Å². The largest absolute Gasteiger partial charge is 0.309 e. The zero-order chi connectivity index (χ0) is 57.4. The first-order chi connectivity index (χ1) is 43.1. The van der Waals surface area contributed by atoms with Crippen molar-refractivity contribution in [1.82, 2.24) is 9.13 Å². The van der Waals surface area contributed by atoms with Crippen LogP contribution in [0.4, 0.5) is 0 Å². The van der Waals surface area contributed by atoms with E-state index >= 15 is 0 Å². The molecule has 2 aromatic heterocycles. The monoisotopic (exact) mass is 1100 g/mol. The first-order valence-corrected chi connectivity index (χ1v) is 30.1. The van der Waals surface area contributed by atoms with Gasteiger partial charge in [-0.25, -0.2) is 0 Å². The van der Waals surface area contributed by atoms with Crippen LogP contribution in [0.5, 0.6) is 0 Å². The second-order valence-electron chi connectivity index (χ2n) is 23.1. The molecule has 0 aliphatic heterocycles. The van der Waals surface area contributed by atoms with Crippen LogP contribution in [-0.2, 0) is 5.41 Å². The zero-order valence-corrected chi connectivity index (χ0v) is 47.7. The fraction of sp³-hybridized carbons (Fsp3) is 0.0118. The Labute approximate surface area is 506 Å². The molecule has 0 atom stereocenters. The SMILES string of the molecule is c1ccc(-c2cccc(-c3cccc(C4(c5cccc(-c6ccc(-c7ccc(-c8ccccc8-n8c9ccccc9c9cc(-c%10ccc%11c(c%10)c%10ccccc%10n%11-c%10ccccc%10)ccc98)cc7)cc6)c5)c5ccccc5-c5ccccc54)c3)c2)cc1. The molecule has 1 aliphatic rings. The standard InChI is InChI=1S/C85H56N2/c1-3-20-57(21-4-1)62-22-17-23-63(52-62)65-25-19-27-69(54-65)85(78-35-12-7-31-72(78)73-32-8-13-36-79(73)85)68-26-18-24-64(53-68)60-42-40-58(41-43-60)59-44-46-61(47-45-59)71-30-9-14-37-80(71)87-82-39-16-11-34-75(82)77-56-67(49-51-84(77)87)66-48-50-83-76(55-66)74-33-10-15-38-81(74)86(83)70-28-5-2-6-29-70/h1-56H. The third-order valence-corrected chi connectivity index (χ3v) is 18.4. The predicted molar refractivity (Wildman–Crippen MR) is 365 cm³/mol. The molecule has 2 heteroatoms. The van der Waals surface area contributed by atoms with Crippen LogP contribution in [0, 0.1) is 0 Å². The molecule has 0 bridgehead atoms. The smallest absolute Gasteiger partial charge is 0.0713 e. The van der Waals surface area contributed by atoms with Crippen LogP contribution in [0.2, 0.25) is 0 Å². The number of hydrogen-bond acceptors (Lipinski definition) is 0. The van der Waals surface area contributed by atoms with Gasteiger partial charge in [-0.1, -0.05) is 267 Å². The zero-order valence-electron chi connectivity index (χ0n) is 47.7. The molecule has 0 radical (unpaired) electrons. The molecule has 16 aromatic rings. The van der Waals surface area contributed by atoms with Gasteiger partial charge in [-0.05, 0) is 167 Å². The first kappa shape index (κ1) is 50.2.